The van der Waals surface area contributed by atoms with E-state index in [4.69, 9.17) is 0 Å². The smallest absolute Gasteiger partial charge is 0.315 e. The Morgan fingerprint density at radius 3 is 2.87 bits per heavy atom. The molecule has 0 aromatic carbocycles. The maximum absolute atomic E-state index is 11.4. The van der Waals surface area contributed by atoms with Crippen molar-refractivity contribution in [1.82, 2.24) is 5.32 Å². The number of rotatable bonds is 4. The quantitative estimate of drug-likeness (QED) is 0.431. The lowest BCUT2D eigenvalue weighted by molar-refractivity contribution is -0.146. The van der Waals surface area contributed by atoms with Gasteiger partial charge in [0, 0.05) is 6.04 Å². The van der Waals surface area contributed by atoms with Crippen molar-refractivity contribution in [3.05, 3.63) is 12.2 Å². The topological polar surface area (TPSA) is 55.4 Å². The van der Waals surface area contributed by atoms with Crippen molar-refractivity contribution in [3.63, 3.8) is 0 Å². The zero-order valence-corrected chi connectivity index (χ0v) is 9.04. The van der Waals surface area contributed by atoms with E-state index >= 15 is 0 Å². The first-order chi connectivity index (χ1) is 7.13. The van der Waals surface area contributed by atoms with Gasteiger partial charge in [-0.15, -0.1) is 0 Å². The van der Waals surface area contributed by atoms with E-state index < -0.39 is 5.97 Å². The third-order valence-corrected chi connectivity index (χ3v) is 2.43. The van der Waals surface area contributed by atoms with Crippen LogP contribution in [-0.4, -0.2) is 24.5 Å². The molecular formula is C11H17NO3. The van der Waals surface area contributed by atoms with E-state index in [9.17, 15) is 9.59 Å². The van der Waals surface area contributed by atoms with E-state index in [0.717, 1.165) is 24.8 Å². The Morgan fingerprint density at radius 1 is 1.60 bits per heavy atom. The van der Waals surface area contributed by atoms with E-state index in [0.29, 0.717) is 6.61 Å². The van der Waals surface area contributed by atoms with Gasteiger partial charge in [-0.2, -0.15) is 0 Å². The highest BCUT2D eigenvalue weighted by Gasteiger charge is 2.21. The number of hydrogen-bond donors (Lipinski definition) is 1. The molecule has 1 rings (SSSR count). The van der Waals surface area contributed by atoms with Crippen LogP contribution in [0.1, 0.15) is 32.6 Å². The first-order valence-electron chi connectivity index (χ1n) is 5.26. The SMILES string of the molecule is C=C1CCCC1NC(=O)CC(=O)OCC. The van der Waals surface area contributed by atoms with Crippen molar-refractivity contribution >= 4 is 11.9 Å². The van der Waals surface area contributed by atoms with E-state index in [-0.39, 0.29) is 18.4 Å². The second-order valence-electron chi connectivity index (χ2n) is 3.65. The predicted molar refractivity (Wildman–Crippen MR) is 56.2 cm³/mol. The Balaban J connectivity index is 2.29. The summed E-state index contributed by atoms with van der Waals surface area (Å²) in [6.07, 6.45) is 2.75. The van der Waals surface area contributed by atoms with E-state index in [2.05, 4.69) is 16.6 Å². The lowest BCUT2D eigenvalue weighted by Crippen LogP contribution is -2.35. The molecule has 1 N–H and O–H groups in total. The fourth-order valence-electron chi connectivity index (χ4n) is 1.67. The van der Waals surface area contributed by atoms with Crippen LogP contribution >= 0.6 is 0 Å². The van der Waals surface area contributed by atoms with E-state index in [1.54, 1.807) is 6.92 Å². The Hall–Kier alpha value is -1.32. The first kappa shape index (κ1) is 11.8. The summed E-state index contributed by atoms with van der Waals surface area (Å²) in [4.78, 5) is 22.4. The van der Waals surface area contributed by atoms with E-state index in [1.165, 1.54) is 0 Å². The summed E-state index contributed by atoms with van der Waals surface area (Å²) in [5, 5.41) is 2.78. The molecule has 4 heteroatoms. The van der Waals surface area contributed by atoms with Crippen molar-refractivity contribution in [1.29, 1.82) is 0 Å². The highest BCUT2D eigenvalue weighted by atomic mass is 16.5. The van der Waals surface area contributed by atoms with Crippen molar-refractivity contribution in [2.24, 2.45) is 0 Å². The molecule has 1 amide bonds. The van der Waals surface area contributed by atoms with Crippen LogP contribution < -0.4 is 5.32 Å². The average Bonchev–Trinajstić information content (AvgIpc) is 2.52. The molecule has 84 valence electrons. The number of carbonyl (C=O) groups excluding carboxylic acids is 2. The molecule has 1 saturated carbocycles. The van der Waals surface area contributed by atoms with Crippen molar-refractivity contribution in [2.45, 2.75) is 38.6 Å². The molecule has 0 bridgehead atoms. The molecule has 1 unspecified atom stereocenters. The summed E-state index contributed by atoms with van der Waals surface area (Å²) < 4.78 is 4.68. The van der Waals surface area contributed by atoms with Gasteiger partial charge in [0.05, 0.1) is 6.61 Å². The molecular weight excluding hydrogens is 194 g/mol. The summed E-state index contributed by atoms with van der Waals surface area (Å²) in [6, 6.07) is 0.0481. The van der Waals surface area contributed by atoms with Gasteiger partial charge in [-0.25, -0.2) is 0 Å². The third-order valence-electron chi connectivity index (χ3n) is 2.43. The molecule has 1 atom stereocenters. The number of ether oxygens (including phenoxy) is 1. The molecule has 0 aromatic heterocycles. The van der Waals surface area contributed by atoms with Crippen LogP contribution in [0.5, 0.6) is 0 Å². The normalized spacial score (nSPS) is 20.1. The lowest BCUT2D eigenvalue weighted by atomic mass is 10.2. The lowest BCUT2D eigenvalue weighted by Gasteiger charge is -2.13. The molecule has 0 saturated heterocycles. The van der Waals surface area contributed by atoms with Crippen LogP contribution in [0.2, 0.25) is 0 Å². The summed E-state index contributed by atoms with van der Waals surface area (Å²) in [7, 11) is 0. The molecule has 0 heterocycles. The van der Waals surface area contributed by atoms with Gasteiger partial charge in [0.25, 0.3) is 0 Å². The Kier molecular flexibility index (Phi) is 4.34. The summed E-state index contributed by atoms with van der Waals surface area (Å²) in [5.41, 5.74) is 1.05. The maximum atomic E-state index is 11.4. The molecule has 1 fully saturated rings. The molecule has 1 aliphatic carbocycles. The van der Waals surface area contributed by atoms with Gasteiger partial charge >= 0.3 is 5.97 Å². The number of carbonyl (C=O) groups is 2. The van der Waals surface area contributed by atoms with Gasteiger partial charge in [0.1, 0.15) is 6.42 Å². The minimum Gasteiger partial charge on any atom is -0.466 e. The fraction of sp³-hybridized carbons (Fsp3) is 0.636. The highest BCUT2D eigenvalue weighted by molar-refractivity contribution is 5.94. The number of nitrogens with one attached hydrogen (secondary N) is 1. The first-order valence-corrected chi connectivity index (χ1v) is 5.26. The van der Waals surface area contributed by atoms with Gasteiger partial charge in [-0.3, -0.25) is 9.59 Å². The van der Waals surface area contributed by atoms with Crippen LogP contribution in [0.3, 0.4) is 0 Å². The molecule has 0 radical (unpaired) electrons. The summed E-state index contributed by atoms with van der Waals surface area (Å²) in [6.45, 7) is 5.90. The number of amides is 1. The number of esters is 1. The van der Waals surface area contributed by atoms with Crippen LogP contribution in [0.25, 0.3) is 0 Å². The summed E-state index contributed by atoms with van der Waals surface area (Å²) in [5.74, 6) is -0.750. The van der Waals surface area contributed by atoms with Crippen molar-refractivity contribution < 1.29 is 14.3 Å². The number of hydrogen-bond acceptors (Lipinski definition) is 3. The van der Waals surface area contributed by atoms with Gasteiger partial charge in [-0.05, 0) is 26.2 Å². The largest absolute Gasteiger partial charge is 0.466 e. The molecule has 0 spiro atoms. The van der Waals surface area contributed by atoms with E-state index in [1.807, 2.05) is 0 Å². The summed E-state index contributed by atoms with van der Waals surface area (Å²) >= 11 is 0. The van der Waals surface area contributed by atoms with Crippen LogP contribution in [-0.2, 0) is 14.3 Å². The monoisotopic (exact) mass is 211 g/mol. The van der Waals surface area contributed by atoms with Crippen LogP contribution in [0, 0.1) is 0 Å². The average molecular weight is 211 g/mol. The Bertz CT molecular complexity index is 273. The fourth-order valence-corrected chi connectivity index (χ4v) is 1.67. The molecule has 1 aliphatic rings. The molecule has 15 heavy (non-hydrogen) atoms. The minimum atomic E-state index is -0.474. The van der Waals surface area contributed by atoms with Gasteiger partial charge in [0.15, 0.2) is 0 Å². The van der Waals surface area contributed by atoms with Crippen LogP contribution in [0.15, 0.2) is 12.2 Å². The van der Waals surface area contributed by atoms with Gasteiger partial charge in [0.2, 0.25) is 5.91 Å². The maximum Gasteiger partial charge on any atom is 0.315 e. The highest BCUT2D eigenvalue weighted by Crippen LogP contribution is 2.22. The van der Waals surface area contributed by atoms with Crippen LogP contribution in [0.4, 0.5) is 0 Å². The molecule has 0 aliphatic heterocycles. The Labute approximate surface area is 89.7 Å². The minimum absolute atomic E-state index is 0.0481. The molecule has 4 nitrogen and oxygen atoms in total. The second-order valence-corrected chi connectivity index (χ2v) is 3.65. The second kappa shape index (κ2) is 5.53. The van der Waals surface area contributed by atoms with Crippen molar-refractivity contribution in [2.75, 3.05) is 6.61 Å². The Morgan fingerprint density at radius 2 is 2.33 bits per heavy atom. The van der Waals surface area contributed by atoms with Gasteiger partial charge < -0.3 is 10.1 Å². The predicted octanol–water partition coefficient (Wildman–Crippen LogP) is 1.16. The van der Waals surface area contributed by atoms with Gasteiger partial charge in [-0.1, -0.05) is 12.2 Å². The third kappa shape index (κ3) is 3.73. The zero-order chi connectivity index (χ0) is 11.3. The van der Waals surface area contributed by atoms with Crippen molar-refractivity contribution in [3.8, 4) is 0 Å². The standard InChI is InChI=1S/C11H17NO3/c1-3-15-11(14)7-10(13)12-9-6-4-5-8(9)2/h9H,2-7H2,1H3,(H,12,13). The molecule has 0 aromatic rings. The zero-order valence-electron chi connectivity index (χ0n) is 9.04.